The van der Waals surface area contributed by atoms with Gasteiger partial charge in [0.15, 0.2) is 6.10 Å². The summed E-state index contributed by atoms with van der Waals surface area (Å²) in [6.45, 7) is 3.87. The number of rotatable bonds is 4. The Balaban J connectivity index is 2.66. The molecule has 1 aromatic carbocycles. The number of hydrogen-bond acceptors (Lipinski definition) is 2. The van der Waals surface area contributed by atoms with E-state index < -0.39 is 6.10 Å². The summed E-state index contributed by atoms with van der Waals surface area (Å²) in [5, 5.41) is 13.1. The second-order valence-electron chi connectivity index (χ2n) is 3.77. The summed E-state index contributed by atoms with van der Waals surface area (Å²) in [5.41, 5.74) is 0.546. The van der Waals surface area contributed by atoms with Gasteiger partial charge in [0.1, 0.15) is 0 Å². The Hall–Kier alpha value is -1.06. The first kappa shape index (κ1) is 13.0. The molecule has 0 aliphatic heterocycles. The highest BCUT2D eigenvalue weighted by Gasteiger charge is 2.18. The van der Waals surface area contributed by atoms with Crippen LogP contribution in [-0.4, -0.2) is 17.1 Å². The summed E-state index contributed by atoms with van der Waals surface area (Å²) in [4.78, 5) is 11.6. The predicted molar refractivity (Wildman–Crippen MR) is 64.3 cm³/mol. The van der Waals surface area contributed by atoms with Crippen LogP contribution in [0, 0.1) is 0 Å². The zero-order valence-corrected chi connectivity index (χ0v) is 10.2. The van der Waals surface area contributed by atoms with Crippen LogP contribution in [0.5, 0.6) is 0 Å². The number of aliphatic hydroxyl groups is 1. The number of nitrogens with one attached hydrogen (secondary N) is 1. The van der Waals surface area contributed by atoms with E-state index in [1.54, 1.807) is 24.3 Å². The van der Waals surface area contributed by atoms with Gasteiger partial charge in [-0.15, -0.1) is 0 Å². The molecular formula is C12H16ClNO2. The van der Waals surface area contributed by atoms with Crippen molar-refractivity contribution >= 4 is 17.5 Å². The van der Waals surface area contributed by atoms with Crippen molar-refractivity contribution in [3.63, 3.8) is 0 Å². The van der Waals surface area contributed by atoms with Crippen molar-refractivity contribution in [2.24, 2.45) is 0 Å². The van der Waals surface area contributed by atoms with Gasteiger partial charge in [0.05, 0.1) is 0 Å². The van der Waals surface area contributed by atoms with E-state index in [0.29, 0.717) is 10.6 Å². The number of carbonyl (C=O) groups is 1. The molecule has 0 aliphatic carbocycles. The Bertz CT molecular complexity index is 351. The molecule has 0 heterocycles. The van der Waals surface area contributed by atoms with Crippen LogP contribution in [0.1, 0.15) is 31.9 Å². The molecule has 2 atom stereocenters. The fourth-order valence-corrected chi connectivity index (χ4v) is 1.35. The maximum absolute atomic E-state index is 11.6. The molecule has 0 bridgehead atoms. The molecule has 3 nitrogen and oxygen atoms in total. The molecule has 16 heavy (non-hydrogen) atoms. The van der Waals surface area contributed by atoms with Gasteiger partial charge in [-0.1, -0.05) is 30.7 Å². The van der Waals surface area contributed by atoms with Crippen LogP contribution in [-0.2, 0) is 4.79 Å². The summed E-state index contributed by atoms with van der Waals surface area (Å²) in [6, 6.07) is 6.65. The van der Waals surface area contributed by atoms with Gasteiger partial charge in [-0.05, 0) is 31.0 Å². The van der Waals surface area contributed by atoms with Gasteiger partial charge in [0.2, 0.25) is 0 Å². The first-order valence-corrected chi connectivity index (χ1v) is 5.66. The summed E-state index contributed by atoms with van der Waals surface area (Å²) in [5.74, 6) is -0.378. The molecule has 4 heteroatoms. The summed E-state index contributed by atoms with van der Waals surface area (Å²) >= 11 is 5.72. The van der Waals surface area contributed by atoms with Crippen molar-refractivity contribution in [3.8, 4) is 0 Å². The molecule has 2 unspecified atom stereocenters. The number of aliphatic hydroxyl groups excluding tert-OH is 1. The number of benzene rings is 1. The van der Waals surface area contributed by atoms with Crippen LogP contribution in [0.15, 0.2) is 24.3 Å². The Morgan fingerprint density at radius 2 is 2.00 bits per heavy atom. The molecule has 0 aliphatic rings. The second kappa shape index (κ2) is 5.87. The number of halogens is 1. The number of carbonyl (C=O) groups excluding carboxylic acids is 1. The number of hydrogen-bond donors (Lipinski definition) is 2. The van der Waals surface area contributed by atoms with E-state index >= 15 is 0 Å². The third-order valence-electron chi connectivity index (χ3n) is 2.44. The second-order valence-corrected chi connectivity index (χ2v) is 4.21. The largest absolute Gasteiger partial charge is 0.378 e. The first-order valence-electron chi connectivity index (χ1n) is 5.28. The lowest BCUT2D eigenvalue weighted by atomic mass is 10.1. The molecular weight excluding hydrogens is 226 g/mol. The van der Waals surface area contributed by atoms with Crippen molar-refractivity contribution < 1.29 is 9.90 Å². The molecule has 0 fully saturated rings. The SMILES string of the molecule is CCC(C)NC(=O)C(O)c1ccc(Cl)cc1. The third kappa shape index (κ3) is 3.51. The quantitative estimate of drug-likeness (QED) is 0.850. The highest BCUT2D eigenvalue weighted by Crippen LogP contribution is 2.16. The van der Waals surface area contributed by atoms with E-state index in [4.69, 9.17) is 11.6 Å². The molecule has 0 radical (unpaired) electrons. The zero-order chi connectivity index (χ0) is 12.1. The van der Waals surface area contributed by atoms with E-state index in [2.05, 4.69) is 5.32 Å². The monoisotopic (exact) mass is 241 g/mol. The van der Waals surface area contributed by atoms with Crippen LogP contribution in [0.3, 0.4) is 0 Å². The van der Waals surface area contributed by atoms with E-state index in [-0.39, 0.29) is 11.9 Å². The van der Waals surface area contributed by atoms with Crippen molar-refractivity contribution in [2.75, 3.05) is 0 Å². The topological polar surface area (TPSA) is 49.3 Å². The molecule has 0 saturated heterocycles. The molecule has 0 spiro atoms. The van der Waals surface area contributed by atoms with E-state index in [9.17, 15) is 9.90 Å². The van der Waals surface area contributed by atoms with Gasteiger partial charge >= 0.3 is 0 Å². The van der Waals surface area contributed by atoms with Crippen molar-refractivity contribution in [2.45, 2.75) is 32.4 Å². The minimum atomic E-state index is -1.13. The number of amides is 1. The van der Waals surface area contributed by atoms with Crippen LogP contribution in [0.25, 0.3) is 0 Å². The van der Waals surface area contributed by atoms with Crippen LogP contribution >= 0.6 is 11.6 Å². The van der Waals surface area contributed by atoms with Gasteiger partial charge in [0.25, 0.3) is 5.91 Å². The van der Waals surface area contributed by atoms with E-state index in [0.717, 1.165) is 6.42 Å². The van der Waals surface area contributed by atoms with Gasteiger partial charge in [-0.25, -0.2) is 0 Å². The zero-order valence-electron chi connectivity index (χ0n) is 9.40. The Morgan fingerprint density at radius 1 is 1.44 bits per heavy atom. The lowest BCUT2D eigenvalue weighted by Gasteiger charge is -2.15. The molecule has 88 valence electrons. The lowest BCUT2D eigenvalue weighted by Crippen LogP contribution is -2.35. The van der Waals surface area contributed by atoms with Gasteiger partial charge in [0, 0.05) is 11.1 Å². The Labute approximate surface area is 100 Å². The van der Waals surface area contributed by atoms with Crippen LogP contribution in [0.4, 0.5) is 0 Å². The average Bonchev–Trinajstić information content (AvgIpc) is 2.28. The fraction of sp³-hybridized carbons (Fsp3) is 0.417. The van der Waals surface area contributed by atoms with Crippen molar-refractivity contribution in [3.05, 3.63) is 34.9 Å². The predicted octanol–water partition coefficient (Wildman–Crippen LogP) is 2.29. The Kier molecular flexibility index (Phi) is 4.77. The van der Waals surface area contributed by atoms with Crippen LogP contribution < -0.4 is 5.32 Å². The normalized spacial score (nSPS) is 14.2. The molecule has 0 aromatic heterocycles. The fourth-order valence-electron chi connectivity index (χ4n) is 1.22. The highest BCUT2D eigenvalue weighted by atomic mass is 35.5. The molecule has 1 amide bonds. The molecule has 1 rings (SSSR count). The first-order chi connectivity index (χ1) is 7.54. The molecule has 2 N–H and O–H groups in total. The van der Waals surface area contributed by atoms with Gasteiger partial charge in [-0.3, -0.25) is 4.79 Å². The summed E-state index contributed by atoms with van der Waals surface area (Å²) < 4.78 is 0. The highest BCUT2D eigenvalue weighted by molar-refractivity contribution is 6.30. The molecule has 0 saturated carbocycles. The summed E-state index contributed by atoms with van der Waals surface area (Å²) in [7, 11) is 0. The average molecular weight is 242 g/mol. The van der Waals surface area contributed by atoms with Crippen LogP contribution in [0.2, 0.25) is 5.02 Å². The van der Waals surface area contributed by atoms with Crippen molar-refractivity contribution in [1.82, 2.24) is 5.32 Å². The minimum absolute atomic E-state index is 0.0643. The van der Waals surface area contributed by atoms with E-state index in [1.807, 2.05) is 13.8 Å². The maximum Gasteiger partial charge on any atom is 0.253 e. The Morgan fingerprint density at radius 3 is 2.50 bits per heavy atom. The standard InChI is InChI=1S/C12H16ClNO2/c1-3-8(2)14-12(16)11(15)9-4-6-10(13)7-5-9/h4-8,11,15H,3H2,1-2H3,(H,14,16). The lowest BCUT2D eigenvalue weighted by molar-refractivity contribution is -0.130. The third-order valence-corrected chi connectivity index (χ3v) is 2.69. The smallest absolute Gasteiger partial charge is 0.253 e. The minimum Gasteiger partial charge on any atom is -0.378 e. The summed E-state index contributed by atoms with van der Waals surface area (Å²) in [6.07, 6.45) is -0.301. The maximum atomic E-state index is 11.6. The van der Waals surface area contributed by atoms with E-state index in [1.165, 1.54) is 0 Å². The molecule has 1 aromatic rings. The van der Waals surface area contributed by atoms with Gasteiger partial charge in [-0.2, -0.15) is 0 Å². The van der Waals surface area contributed by atoms with Gasteiger partial charge < -0.3 is 10.4 Å². The van der Waals surface area contributed by atoms with Crippen molar-refractivity contribution in [1.29, 1.82) is 0 Å².